The summed E-state index contributed by atoms with van der Waals surface area (Å²) in [5, 5.41) is 10.1. The lowest BCUT2D eigenvalue weighted by Crippen LogP contribution is -2.28. The van der Waals surface area contributed by atoms with Crippen LogP contribution in [0.1, 0.15) is 53.2 Å². The van der Waals surface area contributed by atoms with E-state index in [-0.39, 0.29) is 23.1 Å². The van der Waals surface area contributed by atoms with E-state index in [1.165, 1.54) is 7.11 Å². The number of methoxy groups -OCH3 is 1. The fourth-order valence-electron chi connectivity index (χ4n) is 3.76. The van der Waals surface area contributed by atoms with Crippen LogP contribution in [0, 0.1) is 0 Å². The predicted molar refractivity (Wildman–Crippen MR) is 100 cm³/mol. The highest BCUT2D eigenvalue weighted by molar-refractivity contribution is 6.00. The Labute approximate surface area is 153 Å². The molecule has 4 nitrogen and oxygen atoms in total. The molecule has 1 N–H and O–H groups in total. The summed E-state index contributed by atoms with van der Waals surface area (Å²) < 4.78 is 11.2. The van der Waals surface area contributed by atoms with E-state index in [0.29, 0.717) is 12.2 Å². The number of phenols is 1. The summed E-state index contributed by atoms with van der Waals surface area (Å²) in [6.07, 6.45) is 5.22. The average molecular weight is 350 g/mol. The number of fused-ring (bicyclic) bond motifs is 2. The zero-order chi connectivity index (χ0) is 18.5. The van der Waals surface area contributed by atoms with Crippen LogP contribution in [0.2, 0.25) is 0 Å². The van der Waals surface area contributed by atoms with Gasteiger partial charge in [0.1, 0.15) is 11.4 Å². The van der Waals surface area contributed by atoms with Gasteiger partial charge in [-0.2, -0.15) is 0 Å². The van der Waals surface area contributed by atoms with Crippen molar-refractivity contribution in [3.63, 3.8) is 0 Å². The van der Waals surface area contributed by atoms with Crippen molar-refractivity contribution in [2.75, 3.05) is 7.11 Å². The van der Waals surface area contributed by atoms with E-state index in [1.807, 2.05) is 44.2 Å². The monoisotopic (exact) mass is 350 g/mol. The van der Waals surface area contributed by atoms with Crippen LogP contribution in [0.4, 0.5) is 0 Å². The predicted octanol–water partition coefficient (Wildman–Crippen LogP) is 4.50. The van der Waals surface area contributed by atoms with Gasteiger partial charge in [0.2, 0.25) is 0 Å². The van der Waals surface area contributed by atoms with Crippen molar-refractivity contribution < 1.29 is 19.4 Å². The molecule has 1 heterocycles. The van der Waals surface area contributed by atoms with Crippen LogP contribution in [-0.2, 0) is 6.42 Å². The minimum atomic E-state index is -0.346. The van der Waals surface area contributed by atoms with Crippen molar-refractivity contribution in [2.45, 2.75) is 38.2 Å². The summed E-state index contributed by atoms with van der Waals surface area (Å²) in [6, 6.07) is 9.31. The van der Waals surface area contributed by atoms with Gasteiger partial charge in [-0.25, -0.2) is 0 Å². The smallest absolute Gasteiger partial charge is 0.163 e. The number of phenolic OH excluding ortho intramolecular Hbond substituents is 1. The van der Waals surface area contributed by atoms with Crippen molar-refractivity contribution in [2.24, 2.45) is 0 Å². The van der Waals surface area contributed by atoms with Crippen LogP contribution in [0.15, 0.2) is 36.4 Å². The Hall–Kier alpha value is -2.75. The number of ether oxygens (including phenoxy) is 2. The first-order valence-corrected chi connectivity index (χ1v) is 8.81. The molecule has 1 aliphatic heterocycles. The molecule has 4 rings (SSSR count). The zero-order valence-corrected chi connectivity index (χ0v) is 15.2. The molecule has 26 heavy (non-hydrogen) atoms. The number of carbonyl (C=O) groups excluding carboxylic acids is 1. The summed E-state index contributed by atoms with van der Waals surface area (Å²) in [4.78, 5) is 12.7. The maximum atomic E-state index is 12.7. The van der Waals surface area contributed by atoms with Gasteiger partial charge in [-0.05, 0) is 67.7 Å². The minimum Gasteiger partial charge on any atom is -0.504 e. The van der Waals surface area contributed by atoms with Gasteiger partial charge in [-0.1, -0.05) is 12.1 Å². The molecule has 0 fully saturated rings. The molecular formula is C22H22O4. The first-order chi connectivity index (χ1) is 12.4. The molecule has 0 saturated carbocycles. The van der Waals surface area contributed by atoms with E-state index < -0.39 is 0 Å². The normalized spacial score (nSPS) is 20.1. The summed E-state index contributed by atoms with van der Waals surface area (Å²) >= 11 is 0. The lowest BCUT2D eigenvalue weighted by molar-refractivity contribution is 0.0964. The highest BCUT2D eigenvalue weighted by atomic mass is 16.5. The third-order valence-electron chi connectivity index (χ3n) is 5.15. The maximum absolute atomic E-state index is 12.7. The number of aromatic hydroxyl groups is 1. The molecule has 0 aromatic heterocycles. The van der Waals surface area contributed by atoms with Gasteiger partial charge < -0.3 is 14.6 Å². The second-order valence-electron chi connectivity index (χ2n) is 7.55. The summed E-state index contributed by atoms with van der Waals surface area (Å²) in [7, 11) is 1.52. The number of ketones is 1. The van der Waals surface area contributed by atoms with E-state index in [1.54, 1.807) is 12.1 Å². The highest BCUT2D eigenvalue weighted by Crippen LogP contribution is 2.40. The first kappa shape index (κ1) is 16.7. The van der Waals surface area contributed by atoms with Crippen LogP contribution in [0.5, 0.6) is 17.2 Å². The first-order valence-electron chi connectivity index (χ1n) is 8.81. The topological polar surface area (TPSA) is 55.8 Å². The Morgan fingerprint density at radius 3 is 2.73 bits per heavy atom. The molecule has 1 aliphatic carbocycles. The standard InChI is InChI=1S/C22H22O4/c1-22(2)7-6-14-9-17-16(12-21(14)26-22)8-15(11-18(17)23)13-4-5-20(25-3)19(24)10-13/h4-7,9-10,12,15,24H,8,11H2,1-3H3/t15-/m0/s1. The number of hydrogen-bond acceptors (Lipinski definition) is 4. The fourth-order valence-corrected chi connectivity index (χ4v) is 3.76. The molecule has 1 atom stereocenters. The van der Waals surface area contributed by atoms with Crippen molar-refractivity contribution in [1.82, 2.24) is 0 Å². The van der Waals surface area contributed by atoms with Gasteiger partial charge in [-0.3, -0.25) is 4.79 Å². The Morgan fingerprint density at radius 1 is 1.19 bits per heavy atom. The molecule has 2 aliphatic rings. The molecule has 2 aromatic rings. The number of hydrogen-bond donors (Lipinski definition) is 1. The largest absolute Gasteiger partial charge is 0.504 e. The Bertz CT molecular complexity index is 924. The summed E-state index contributed by atoms with van der Waals surface area (Å²) in [6.45, 7) is 4.03. The molecule has 2 aromatic carbocycles. The van der Waals surface area contributed by atoms with Gasteiger partial charge in [-0.15, -0.1) is 0 Å². The van der Waals surface area contributed by atoms with Crippen LogP contribution < -0.4 is 9.47 Å². The third-order valence-corrected chi connectivity index (χ3v) is 5.15. The van der Waals surface area contributed by atoms with Crippen LogP contribution >= 0.6 is 0 Å². The molecule has 0 unspecified atom stereocenters. The van der Waals surface area contributed by atoms with Gasteiger partial charge in [0.15, 0.2) is 17.3 Å². The molecule has 4 heteroatoms. The van der Waals surface area contributed by atoms with E-state index in [2.05, 4.69) is 0 Å². The molecule has 134 valence electrons. The lowest BCUT2D eigenvalue weighted by Gasteiger charge is -2.30. The second kappa shape index (κ2) is 5.90. The number of benzene rings is 2. The molecule has 0 bridgehead atoms. The van der Waals surface area contributed by atoms with E-state index in [4.69, 9.17) is 9.47 Å². The van der Waals surface area contributed by atoms with E-state index >= 15 is 0 Å². The highest BCUT2D eigenvalue weighted by Gasteiger charge is 2.30. The molecule has 0 spiro atoms. The van der Waals surface area contributed by atoms with Crippen LogP contribution in [0.25, 0.3) is 6.08 Å². The van der Waals surface area contributed by atoms with Gasteiger partial charge in [0, 0.05) is 17.5 Å². The van der Waals surface area contributed by atoms with Crippen LogP contribution in [-0.4, -0.2) is 23.6 Å². The van der Waals surface area contributed by atoms with E-state index in [0.717, 1.165) is 34.4 Å². The molecule has 0 amide bonds. The van der Waals surface area contributed by atoms with Gasteiger partial charge in [0.25, 0.3) is 0 Å². The van der Waals surface area contributed by atoms with Crippen molar-refractivity contribution in [1.29, 1.82) is 0 Å². The third kappa shape index (κ3) is 2.85. The van der Waals surface area contributed by atoms with Gasteiger partial charge >= 0.3 is 0 Å². The Kier molecular flexibility index (Phi) is 3.79. The number of carbonyl (C=O) groups is 1. The van der Waals surface area contributed by atoms with Crippen molar-refractivity contribution >= 4 is 11.9 Å². The lowest BCUT2D eigenvalue weighted by atomic mass is 9.78. The fraction of sp³-hybridized carbons (Fsp3) is 0.318. The maximum Gasteiger partial charge on any atom is 0.163 e. The quantitative estimate of drug-likeness (QED) is 0.866. The summed E-state index contributed by atoms with van der Waals surface area (Å²) in [5.74, 6) is 1.53. The second-order valence-corrected chi connectivity index (χ2v) is 7.55. The SMILES string of the molecule is COc1ccc([C@@H]2CC(=O)c3cc4c(cc3C2)OC(C)(C)C=C4)cc1O. The molecule has 0 radical (unpaired) electrons. The minimum absolute atomic E-state index is 0.0389. The van der Waals surface area contributed by atoms with Crippen molar-refractivity contribution in [3.05, 3.63) is 58.7 Å². The Morgan fingerprint density at radius 2 is 2.00 bits per heavy atom. The van der Waals surface area contributed by atoms with E-state index in [9.17, 15) is 9.90 Å². The summed E-state index contributed by atoms with van der Waals surface area (Å²) in [5.41, 5.74) is 3.34. The van der Waals surface area contributed by atoms with Crippen molar-refractivity contribution in [3.8, 4) is 17.2 Å². The number of Topliss-reactive ketones (excluding diaryl/α,β-unsaturated/α-hetero) is 1. The zero-order valence-electron chi connectivity index (χ0n) is 15.2. The number of rotatable bonds is 2. The van der Waals surface area contributed by atoms with Crippen LogP contribution in [0.3, 0.4) is 0 Å². The Balaban J connectivity index is 1.69. The molecule has 0 saturated heterocycles. The average Bonchev–Trinajstić information content (AvgIpc) is 2.59. The molecular weight excluding hydrogens is 328 g/mol. The van der Waals surface area contributed by atoms with Gasteiger partial charge in [0.05, 0.1) is 7.11 Å².